The van der Waals surface area contributed by atoms with Crippen LogP contribution in [0.1, 0.15) is 16.8 Å². The molecule has 2 aromatic carbocycles. The molecule has 0 bridgehead atoms. The van der Waals surface area contributed by atoms with Crippen molar-refractivity contribution in [1.82, 2.24) is 0 Å². The summed E-state index contributed by atoms with van der Waals surface area (Å²) in [5.74, 6) is 2.22. The molecule has 1 aliphatic heterocycles. The molecule has 108 valence electrons. The standard InChI is InChI=1S/C17H16O4/c1-19-12-4-6-13(16(10-12)20-2)11-3-5-14-15(18)7-8-21-17(14)9-11/h3-6,9-10H,7-8H2,1-2H3. The van der Waals surface area contributed by atoms with Crippen molar-refractivity contribution in [2.45, 2.75) is 6.42 Å². The lowest BCUT2D eigenvalue weighted by atomic mass is 9.98. The van der Waals surface area contributed by atoms with Gasteiger partial charge in [-0.2, -0.15) is 0 Å². The van der Waals surface area contributed by atoms with E-state index < -0.39 is 0 Å². The van der Waals surface area contributed by atoms with E-state index in [0.717, 1.165) is 22.6 Å². The van der Waals surface area contributed by atoms with Crippen LogP contribution in [0.3, 0.4) is 0 Å². The average molecular weight is 284 g/mol. The van der Waals surface area contributed by atoms with Crippen LogP contribution >= 0.6 is 0 Å². The van der Waals surface area contributed by atoms with Crippen molar-refractivity contribution in [2.75, 3.05) is 20.8 Å². The van der Waals surface area contributed by atoms with Crippen LogP contribution in [0.5, 0.6) is 17.2 Å². The Balaban J connectivity index is 2.07. The number of hydrogen-bond donors (Lipinski definition) is 0. The molecule has 0 amide bonds. The number of carbonyl (C=O) groups is 1. The Labute approximate surface area is 123 Å². The Morgan fingerprint density at radius 3 is 2.57 bits per heavy atom. The topological polar surface area (TPSA) is 44.8 Å². The Hall–Kier alpha value is -2.49. The van der Waals surface area contributed by atoms with Gasteiger partial charge in [0.2, 0.25) is 0 Å². The van der Waals surface area contributed by atoms with Gasteiger partial charge in [0.15, 0.2) is 5.78 Å². The number of methoxy groups -OCH3 is 2. The van der Waals surface area contributed by atoms with E-state index in [1.807, 2.05) is 36.4 Å². The van der Waals surface area contributed by atoms with Crippen LogP contribution in [-0.2, 0) is 0 Å². The number of ether oxygens (including phenoxy) is 3. The second-order valence-corrected chi connectivity index (χ2v) is 4.80. The van der Waals surface area contributed by atoms with Gasteiger partial charge >= 0.3 is 0 Å². The number of benzene rings is 2. The van der Waals surface area contributed by atoms with Crippen molar-refractivity contribution in [3.63, 3.8) is 0 Å². The van der Waals surface area contributed by atoms with E-state index in [1.165, 1.54) is 0 Å². The molecule has 0 radical (unpaired) electrons. The van der Waals surface area contributed by atoms with E-state index >= 15 is 0 Å². The highest BCUT2D eigenvalue weighted by Crippen LogP contribution is 2.36. The molecule has 0 saturated heterocycles. The molecule has 0 saturated carbocycles. The number of fused-ring (bicyclic) bond motifs is 1. The first-order valence-corrected chi connectivity index (χ1v) is 6.75. The highest BCUT2D eigenvalue weighted by molar-refractivity contribution is 6.00. The second-order valence-electron chi connectivity index (χ2n) is 4.80. The van der Waals surface area contributed by atoms with Crippen LogP contribution in [-0.4, -0.2) is 26.6 Å². The van der Waals surface area contributed by atoms with Gasteiger partial charge in [0.1, 0.15) is 17.2 Å². The van der Waals surface area contributed by atoms with Gasteiger partial charge in [0.05, 0.1) is 26.4 Å². The lowest BCUT2D eigenvalue weighted by Gasteiger charge is -2.18. The Kier molecular flexibility index (Phi) is 3.52. The monoisotopic (exact) mass is 284 g/mol. The molecule has 2 aromatic rings. The zero-order valence-corrected chi connectivity index (χ0v) is 12.0. The predicted molar refractivity (Wildman–Crippen MR) is 79.4 cm³/mol. The summed E-state index contributed by atoms with van der Waals surface area (Å²) in [6, 6.07) is 11.3. The molecule has 4 nitrogen and oxygen atoms in total. The van der Waals surface area contributed by atoms with E-state index in [0.29, 0.717) is 24.3 Å². The zero-order valence-electron chi connectivity index (χ0n) is 12.0. The number of carbonyl (C=O) groups excluding carboxylic acids is 1. The van der Waals surface area contributed by atoms with Gasteiger partial charge in [0.25, 0.3) is 0 Å². The molecule has 0 spiro atoms. The molecule has 4 heteroatoms. The van der Waals surface area contributed by atoms with Gasteiger partial charge in [-0.3, -0.25) is 4.79 Å². The van der Waals surface area contributed by atoms with Gasteiger partial charge in [-0.05, 0) is 29.8 Å². The molecular formula is C17H16O4. The zero-order chi connectivity index (χ0) is 14.8. The van der Waals surface area contributed by atoms with Gasteiger partial charge in [0, 0.05) is 18.1 Å². The molecule has 0 fully saturated rings. The first-order valence-electron chi connectivity index (χ1n) is 6.75. The smallest absolute Gasteiger partial charge is 0.169 e. The molecule has 0 N–H and O–H groups in total. The fourth-order valence-corrected chi connectivity index (χ4v) is 2.47. The van der Waals surface area contributed by atoms with Crippen LogP contribution in [0.15, 0.2) is 36.4 Å². The van der Waals surface area contributed by atoms with Crippen molar-refractivity contribution >= 4 is 5.78 Å². The fourth-order valence-electron chi connectivity index (χ4n) is 2.47. The lowest BCUT2D eigenvalue weighted by Crippen LogP contribution is -2.15. The molecular weight excluding hydrogens is 268 g/mol. The largest absolute Gasteiger partial charge is 0.497 e. The van der Waals surface area contributed by atoms with E-state index in [-0.39, 0.29) is 5.78 Å². The SMILES string of the molecule is COc1ccc(-c2ccc3c(c2)OCCC3=O)c(OC)c1. The van der Waals surface area contributed by atoms with Crippen LogP contribution < -0.4 is 14.2 Å². The van der Waals surface area contributed by atoms with Crippen molar-refractivity contribution in [3.05, 3.63) is 42.0 Å². The third-order valence-electron chi connectivity index (χ3n) is 3.59. The molecule has 0 aromatic heterocycles. The molecule has 0 aliphatic carbocycles. The number of Topliss-reactive ketones (excluding diaryl/α,β-unsaturated/α-hetero) is 1. The first-order chi connectivity index (χ1) is 10.2. The maximum Gasteiger partial charge on any atom is 0.169 e. The van der Waals surface area contributed by atoms with Crippen molar-refractivity contribution in [3.8, 4) is 28.4 Å². The van der Waals surface area contributed by atoms with Gasteiger partial charge < -0.3 is 14.2 Å². The Morgan fingerprint density at radius 2 is 1.81 bits per heavy atom. The summed E-state index contributed by atoms with van der Waals surface area (Å²) < 4.78 is 16.2. The summed E-state index contributed by atoms with van der Waals surface area (Å²) in [7, 11) is 3.24. The van der Waals surface area contributed by atoms with Gasteiger partial charge in [-0.1, -0.05) is 6.07 Å². The fraction of sp³-hybridized carbons (Fsp3) is 0.235. The highest BCUT2D eigenvalue weighted by atomic mass is 16.5. The second kappa shape index (κ2) is 5.48. The minimum Gasteiger partial charge on any atom is -0.497 e. The van der Waals surface area contributed by atoms with Gasteiger partial charge in [-0.15, -0.1) is 0 Å². The minimum atomic E-state index is 0.129. The molecule has 21 heavy (non-hydrogen) atoms. The third-order valence-corrected chi connectivity index (χ3v) is 3.59. The quantitative estimate of drug-likeness (QED) is 0.867. The predicted octanol–water partition coefficient (Wildman–Crippen LogP) is 3.34. The normalized spacial score (nSPS) is 13.3. The van der Waals surface area contributed by atoms with Crippen molar-refractivity contribution < 1.29 is 19.0 Å². The minimum absolute atomic E-state index is 0.129. The van der Waals surface area contributed by atoms with Gasteiger partial charge in [-0.25, -0.2) is 0 Å². The maximum absolute atomic E-state index is 11.8. The van der Waals surface area contributed by atoms with Crippen molar-refractivity contribution in [2.24, 2.45) is 0 Å². The summed E-state index contributed by atoms with van der Waals surface area (Å²) in [6.45, 7) is 0.440. The third kappa shape index (κ3) is 2.44. The lowest BCUT2D eigenvalue weighted by molar-refractivity contribution is 0.0933. The van der Waals surface area contributed by atoms with E-state index in [9.17, 15) is 4.79 Å². The van der Waals surface area contributed by atoms with Crippen molar-refractivity contribution in [1.29, 1.82) is 0 Å². The maximum atomic E-state index is 11.8. The van der Waals surface area contributed by atoms with Crippen LogP contribution in [0, 0.1) is 0 Å². The molecule has 0 unspecified atom stereocenters. The molecule has 0 atom stereocenters. The number of ketones is 1. The summed E-state index contributed by atoms with van der Waals surface area (Å²) in [5, 5.41) is 0. The number of rotatable bonds is 3. The van der Waals surface area contributed by atoms with E-state index in [1.54, 1.807) is 14.2 Å². The summed E-state index contributed by atoms with van der Waals surface area (Å²) in [5.41, 5.74) is 2.53. The van der Waals surface area contributed by atoms with Crippen LogP contribution in [0.4, 0.5) is 0 Å². The Morgan fingerprint density at radius 1 is 1.00 bits per heavy atom. The summed E-state index contributed by atoms with van der Waals surface area (Å²) in [6.07, 6.45) is 0.443. The van der Waals surface area contributed by atoms with E-state index in [2.05, 4.69) is 0 Å². The highest BCUT2D eigenvalue weighted by Gasteiger charge is 2.19. The Bertz CT molecular complexity index is 691. The summed E-state index contributed by atoms with van der Waals surface area (Å²) >= 11 is 0. The molecule has 3 rings (SSSR count). The molecule has 1 heterocycles. The van der Waals surface area contributed by atoms with Crippen LogP contribution in [0.2, 0.25) is 0 Å². The van der Waals surface area contributed by atoms with E-state index in [4.69, 9.17) is 14.2 Å². The molecule has 1 aliphatic rings. The summed E-state index contributed by atoms with van der Waals surface area (Å²) in [4.78, 5) is 11.8. The number of hydrogen-bond acceptors (Lipinski definition) is 4. The average Bonchev–Trinajstić information content (AvgIpc) is 2.54. The van der Waals surface area contributed by atoms with Crippen LogP contribution in [0.25, 0.3) is 11.1 Å². The first kappa shape index (κ1) is 13.5.